The highest BCUT2D eigenvalue weighted by molar-refractivity contribution is 6.25. The molecule has 0 bridgehead atoms. The van der Waals surface area contributed by atoms with E-state index in [1.54, 1.807) is 0 Å². The fourth-order valence-corrected chi connectivity index (χ4v) is 2.75. The molecule has 120 valence electrons. The number of nitrogens with one attached hydrogen (secondary N) is 2. The van der Waals surface area contributed by atoms with Gasteiger partial charge in [-0.05, 0) is 0 Å². The van der Waals surface area contributed by atoms with Crippen molar-refractivity contribution in [1.82, 2.24) is 15.1 Å². The summed E-state index contributed by atoms with van der Waals surface area (Å²) in [4.78, 5) is 30.1. The van der Waals surface area contributed by atoms with Crippen LogP contribution in [-0.2, 0) is 9.53 Å². The molecule has 0 aromatic carbocycles. The standard InChI is InChI=1S/C11H15N5O6/c1-15-4-7(13-10(12)14-8(4)20)16(11(15)21)9-6(19)5(18)3(2-17)22-9/h3-6,9,17-19H,2H2,1H3,(H2,12,14,20)/t3-,4?,5+,6-,9-/m1/s1. The number of rotatable bonds is 2. The zero-order valence-electron chi connectivity index (χ0n) is 11.5. The first-order valence-corrected chi connectivity index (χ1v) is 6.53. The zero-order chi connectivity index (χ0) is 16.2. The predicted octanol–water partition coefficient (Wildman–Crippen LogP) is -3.38. The van der Waals surface area contributed by atoms with Crippen molar-refractivity contribution >= 4 is 23.7 Å². The number of amides is 3. The number of hydrogen-bond donors (Lipinski definition) is 5. The maximum Gasteiger partial charge on any atom is 0.328 e. The predicted molar refractivity (Wildman–Crippen MR) is 69.9 cm³/mol. The van der Waals surface area contributed by atoms with Gasteiger partial charge in [0.25, 0.3) is 5.91 Å². The van der Waals surface area contributed by atoms with Crippen molar-refractivity contribution < 1.29 is 29.6 Å². The number of carbonyl (C=O) groups excluding carboxylic acids is 2. The van der Waals surface area contributed by atoms with E-state index in [-0.39, 0.29) is 5.84 Å². The molecule has 22 heavy (non-hydrogen) atoms. The summed E-state index contributed by atoms with van der Waals surface area (Å²) in [5, 5.41) is 38.6. The van der Waals surface area contributed by atoms with Gasteiger partial charge in [0.1, 0.15) is 18.3 Å². The number of guanidine groups is 1. The van der Waals surface area contributed by atoms with E-state index >= 15 is 0 Å². The van der Waals surface area contributed by atoms with Crippen molar-refractivity contribution in [2.75, 3.05) is 13.7 Å². The highest BCUT2D eigenvalue weighted by atomic mass is 16.6. The van der Waals surface area contributed by atoms with Crippen LogP contribution < -0.4 is 5.32 Å². The monoisotopic (exact) mass is 313 g/mol. The highest BCUT2D eigenvalue weighted by Crippen LogP contribution is 2.30. The minimum atomic E-state index is -1.48. The van der Waals surface area contributed by atoms with Gasteiger partial charge >= 0.3 is 6.03 Å². The van der Waals surface area contributed by atoms with Crippen LogP contribution in [0.3, 0.4) is 0 Å². The Hall–Kier alpha value is -2.08. The number of urea groups is 1. The van der Waals surface area contributed by atoms with E-state index in [2.05, 4.69) is 10.3 Å². The Morgan fingerprint density at radius 3 is 2.64 bits per heavy atom. The van der Waals surface area contributed by atoms with E-state index in [1.807, 2.05) is 0 Å². The Morgan fingerprint density at radius 2 is 2.05 bits per heavy atom. The van der Waals surface area contributed by atoms with Gasteiger partial charge in [-0.1, -0.05) is 0 Å². The molecule has 1 unspecified atom stereocenters. The molecule has 0 aliphatic carbocycles. The summed E-state index contributed by atoms with van der Waals surface area (Å²) in [7, 11) is 1.37. The first kappa shape index (κ1) is 14.8. The number of fused-ring (bicyclic) bond motifs is 1. The van der Waals surface area contributed by atoms with Crippen molar-refractivity contribution in [2.24, 2.45) is 4.99 Å². The van der Waals surface area contributed by atoms with Gasteiger partial charge in [0.05, 0.1) is 6.61 Å². The Labute approximate surface area is 124 Å². The number of aliphatic hydroxyl groups is 3. The van der Waals surface area contributed by atoms with Gasteiger partial charge in [0.15, 0.2) is 18.1 Å². The van der Waals surface area contributed by atoms with Crippen molar-refractivity contribution in [3.8, 4) is 0 Å². The molecular formula is C11H15N5O6. The maximum atomic E-state index is 12.3. The molecule has 3 aliphatic rings. The lowest BCUT2D eigenvalue weighted by atomic mass is 10.1. The molecule has 0 aromatic rings. The molecule has 3 aliphatic heterocycles. The molecule has 0 radical (unpaired) electrons. The summed E-state index contributed by atoms with van der Waals surface area (Å²) in [6.45, 7) is -0.543. The highest BCUT2D eigenvalue weighted by Gasteiger charge is 2.56. The number of aliphatic imine (C=N–C) groups is 1. The number of likely N-dealkylation sites (N-methyl/N-ethyl adjacent to an activating group) is 1. The third-order valence-electron chi connectivity index (χ3n) is 3.87. The summed E-state index contributed by atoms with van der Waals surface area (Å²) in [6, 6.07) is -1.70. The van der Waals surface area contributed by atoms with Crippen LogP contribution in [0.2, 0.25) is 0 Å². The molecule has 0 saturated carbocycles. The van der Waals surface area contributed by atoms with E-state index in [1.165, 1.54) is 7.05 Å². The molecule has 5 N–H and O–H groups in total. The molecular weight excluding hydrogens is 298 g/mol. The Balaban J connectivity index is 1.98. The molecule has 5 atom stereocenters. The topological polar surface area (TPSA) is 159 Å². The number of carbonyl (C=O) groups is 2. The van der Waals surface area contributed by atoms with Gasteiger partial charge < -0.3 is 25.0 Å². The molecule has 0 spiro atoms. The second-order valence-electron chi connectivity index (χ2n) is 5.20. The second kappa shape index (κ2) is 4.98. The molecule has 3 heterocycles. The van der Waals surface area contributed by atoms with Crippen LogP contribution in [0.4, 0.5) is 4.79 Å². The van der Waals surface area contributed by atoms with Gasteiger partial charge in [-0.3, -0.25) is 15.5 Å². The van der Waals surface area contributed by atoms with Crippen LogP contribution in [0.1, 0.15) is 0 Å². The molecule has 3 rings (SSSR count). The fourth-order valence-electron chi connectivity index (χ4n) is 2.75. The first-order valence-electron chi connectivity index (χ1n) is 6.53. The van der Waals surface area contributed by atoms with E-state index < -0.39 is 55.1 Å². The third-order valence-corrected chi connectivity index (χ3v) is 3.87. The Morgan fingerprint density at radius 1 is 1.36 bits per heavy atom. The van der Waals surface area contributed by atoms with E-state index in [9.17, 15) is 19.8 Å². The third kappa shape index (κ3) is 1.90. The van der Waals surface area contributed by atoms with Gasteiger partial charge in [0, 0.05) is 7.05 Å². The van der Waals surface area contributed by atoms with Gasteiger partial charge in [-0.2, -0.15) is 4.99 Å². The smallest absolute Gasteiger partial charge is 0.328 e. The number of nitrogens with zero attached hydrogens (tertiary/aromatic N) is 3. The number of hydrogen-bond acceptors (Lipinski definition) is 7. The summed E-state index contributed by atoms with van der Waals surface area (Å²) in [6.07, 6.45) is -5.22. The fraction of sp³-hybridized carbons (Fsp3) is 0.636. The molecule has 2 fully saturated rings. The molecule has 11 nitrogen and oxygen atoms in total. The van der Waals surface area contributed by atoms with Crippen molar-refractivity contribution in [3.05, 3.63) is 0 Å². The van der Waals surface area contributed by atoms with Crippen LogP contribution >= 0.6 is 0 Å². The van der Waals surface area contributed by atoms with Gasteiger partial charge in [-0.15, -0.1) is 0 Å². The second-order valence-corrected chi connectivity index (χ2v) is 5.20. The largest absolute Gasteiger partial charge is 0.394 e. The van der Waals surface area contributed by atoms with Crippen LogP contribution in [0.25, 0.3) is 0 Å². The lowest BCUT2D eigenvalue weighted by Crippen LogP contribution is -2.53. The summed E-state index contributed by atoms with van der Waals surface area (Å²) in [5.41, 5.74) is 0. The molecule has 3 amide bonds. The average molecular weight is 313 g/mol. The van der Waals surface area contributed by atoms with Crippen LogP contribution in [0.15, 0.2) is 4.99 Å². The van der Waals surface area contributed by atoms with Gasteiger partial charge in [-0.25, -0.2) is 9.69 Å². The van der Waals surface area contributed by atoms with E-state index in [4.69, 9.17) is 15.3 Å². The Kier molecular flexibility index (Phi) is 3.36. The van der Waals surface area contributed by atoms with Crippen LogP contribution in [-0.4, -0.2) is 93.1 Å². The number of ether oxygens (including phenoxy) is 1. The quantitative estimate of drug-likeness (QED) is 0.358. The summed E-state index contributed by atoms with van der Waals surface area (Å²) >= 11 is 0. The molecule has 11 heteroatoms. The summed E-state index contributed by atoms with van der Waals surface area (Å²) < 4.78 is 5.30. The van der Waals surface area contributed by atoms with Crippen molar-refractivity contribution in [2.45, 2.75) is 30.6 Å². The number of amidine groups is 1. The summed E-state index contributed by atoms with van der Waals surface area (Å²) in [5.74, 6) is -1.09. The molecule has 2 saturated heterocycles. The normalized spacial score (nSPS) is 38.3. The number of aliphatic hydroxyl groups excluding tert-OH is 3. The van der Waals surface area contributed by atoms with Gasteiger partial charge in [0.2, 0.25) is 5.96 Å². The first-order chi connectivity index (χ1) is 10.4. The SMILES string of the molecule is CN1C(=O)N([C@@H]2O[C@H](CO)[C@H](O)[C@H]2O)C2=NC(=N)NC(=O)C21. The Bertz CT molecular complexity index is 579. The molecule has 0 aromatic heterocycles. The zero-order valence-corrected chi connectivity index (χ0v) is 11.5. The lowest BCUT2D eigenvalue weighted by molar-refractivity contribution is -0.121. The van der Waals surface area contributed by atoms with E-state index in [0.29, 0.717) is 0 Å². The van der Waals surface area contributed by atoms with Crippen LogP contribution in [0, 0.1) is 5.41 Å². The lowest BCUT2D eigenvalue weighted by Gasteiger charge is -2.26. The van der Waals surface area contributed by atoms with Crippen LogP contribution in [0.5, 0.6) is 0 Å². The van der Waals surface area contributed by atoms with E-state index in [0.717, 1.165) is 9.80 Å². The minimum Gasteiger partial charge on any atom is -0.394 e. The maximum absolute atomic E-state index is 12.3. The minimum absolute atomic E-state index is 0.0592. The average Bonchev–Trinajstić information content (AvgIpc) is 2.87. The van der Waals surface area contributed by atoms with Crippen molar-refractivity contribution in [1.29, 1.82) is 5.41 Å². The van der Waals surface area contributed by atoms with Crippen molar-refractivity contribution in [3.63, 3.8) is 0 Å².